The number of carbonyl (C=O) groups excluding carboxylic acids is 1. The van der Waals surface area contributed by atoms with E-state index in [1.54, 1.807) is 19.2 Å². The molecule has 5 nitrogen and oxygen atoms in total. The third kappa shape index (κ3) is 6.52. The number of benzene rings is 1. The molecule has 1 aromatic rings. The third-order valence-electron chi connectivity index (χ3n) is 2.97. The van der Waals surface area contributed by atoms with Crippen molar-refractivity contribution in [2.75, 3.05) is 44.9 Å². The average molecular weight is 334 g/mol. The number of nitrogen functional groups attached to an aromatic ring is 1. The van der Waals surface area contributed by atoms with Gasteiger partial charge in [-0.2, -0.15) is 0 Å². The summed E-state index contributed by atoms with van der Waals surface area (Å²) in [4.78, 5) is 14.0. The Morgan fingerprint density at radius 3 is 2.71 bits per heavy atom. The first-order chi connectivity index (χ1) is 9.93. The molecule has 0 radical (unpaired) electrons. The quantitative estimate of drug-likeness (QED) is 0.718. The molecule has 118 valence electrons. The lowest BCUT2D eigenvalue weighted by atomic mass is 10.2. The summed E-state index contributed by atoms with van der Waals surface area (Å²) >= 11 is 11.8. The second kappa shape index (κ2) is 9.10. The highest BCUT2D eigenvalue weighted by Gasteiger charge is 2.10. The number of nitrogens with one attached hydrogen (secondary N) is 1. The molecular formula is C14H21Cl2N3O2. The largest absolute Gasteiger partial charge is 0.397 e. The maximum atomic E-state index is 11.9. The van der Waals surface area contributed by atoms with Gasteiger partial charge in [-0.15, -0.1) is 0 Å². The molecule has 0 aliphatic carbocycles. The number of hydrogen-bond donors (Lipinski definition) is 2. The molecule has 7 heteroatoms. The molecule has 0 bridgehead atoms. The zero-order valence-corrected chi connectivity index (χ0v) is 13.8. The Morgan fingerprint density at radius 2 is 2.10 bits per heavy atom. The number of carbonyl (C=O) groups is 1. The first kappa shape index (κ1) is 18.0. The minimum atomic E-state index is -0.119. The van der Waals surface area contributed by atoms with Gasteiger partial charge in [0.25, 0.3) is 0 Å². The Balaban J connectivity index is 2.41. The fourth-order valence-corrected chi connectivity index (χ4v) is 2.35. The summed E-state index contributed by atoms with van der Waals surface area (Å²) in [5.41, 5.74) is 6.57. The van der Waals surface area contributed by atoms with Gasteiger partial charge in [0.15, 0.2) is 0 Å². The molecule has 0 saturated heterocycles. The number of amides is 1. The molecule has 0 aromatic heterocycles. The molecule has 0 spiro atoms. The summed E-state index contributed by atoms with van der Waals surface area (Å²) in [6.07, 6.45) is 1.15. The number of nitrogens with zero attached hydrogens (tertiary/aromatic N) is 1. The van der Waals surface area contributed by atoms with Crippen LogP contribution in [0.2, 0.25) is 10.0 Å². The van der Waals surface area contributed by atoms with Crippen molar-refractivity contribution in [3.63, 3.8) is 0 Å². The zero-order chi connectivity index (χ0) is 15.8. The standard InChI is InChI=1S/C14H21Cl2N3O2/c1-19(6-7-21-2)5-3-4-13(20)18-14-11(16)8-10(15)9-12(14)17/h8-9H,3-7,17H2,1-2H3,(H,18,20). The van der Waals surface area contributed by atoms with Crippen molar-refractivity contribution in [1.82, 2.24) is 4.90 Å². The van der Waals surface area contributed by atoms with Crippen molar-refractivity contribution in [3.05, 3.63) is 22.2 Å². The van der Waals surface area contributed by atoms with E-state index in [1.165, 1.54) is 0 Å². The molecule has 1 aromatic carbocycles. The predicted octanol–water partition coefficient (Wildman–Crippen LogP) is 2.87. The third-order valence-corrected chi connectivity index (χ3v) is 3.49. The van der Waals surface area contributed by atoms with E-state index in [9.17, 15) is 4.79 Å². The van der Waals surface area contributed by atoms with Crippen LogP contribution in [0.1, 0.15) is 12.8 Å². The average Bonchev–Trinajstić information content (AvgIpc) is 2.40. The molecule has 0 aliphatic rings. The highest BCUT2D eigenvalue weighted by Crippen LogP contribution is 2.32. The normalized spacial score (nSPS) is 10.9. The van der Waals surface area contributed by atoms with E-state index in [1.807, 2.05) is 7.05 Å². The Kier molecular flexibility index (Phi) is 7.82. The van der Waals surface area contributed by atoms with Gasteiger partial charge in [0.05, 0.1) is 23.0 Å². The highest BCUT2D eigenvalue weighted by atomic mass is 35.5. The molecule has 0 fully saturated rings. The van der Waals surface area contributed by atoms with Crippen LogP contribution in [-0.4, -0.2) is 44.7 Å². The van der Waals surface area contributed by atoms with Gasteiger partial charge in [-0.1, -0.05) is 23.2 Å². The molecule has 0 atom stereocenters. The Morgan fingerprint density at radius 1 is 1.38 bits per heavy atom. The van der Waals surface area contributed by atoms with Crippen molar-refractivity contribution in [2.45, 2.75) is 12.8 Å². The van der Waals surface area contributed by atoms with Gasteiger partial charge in [0.1, 0.15) is 0 Å². The molecule has 0 unspecified atom stereocenters. The first-order valence-electron chi connectivity index (χ1n) is 6.66. The minimum absolute atomic E-state index is 0.119. The van der Waals surface area contributed by atoms with Crippen LogP contribution in [0, 0.1) is 0 Å². The molecular weight excluding hydrogens is 313 g/mol. The van der Waals surface area contributed by atoms with Crippen molar-refractivity contribution < 1.29 is 9.53 Å². The van der Waals surface area contributed by atoms with E-state index >= 15 is 0 Å². The van der Waals surface area contributed by atoms with Crippen molar-refractivity contribution in [1.29, 1.82) is 0 Å². The Labute approximate surface area is 135 Å². The van der Waals surface area contributed by atoms with Crippen LogP contribution in [0.3, 0.4) is 0 Å². The lowest BCUT2D eigenvalue weighted by Crippen LogP contribution is -2.25. The van der Waals surface area contributed by atoms with E-state index in [2.05, 4.69) is 10.2 Å². The SMILES string of the molecule is COCCN(C)CCCC(=O)Nc1c(N)cc(Cl)cc1Cl. The van der Waals surface area contributed by atoms with Crippen molar-refractivity contribution in [3.8, 4) is 0 Å². The highest BCUT2D eigenvalue weighted by molar-refractivity contribution is 6.37. The molecule has 1 rings (SSSR count). The number of halogens is 2. The van der Waals surface area contributed by atoms with Gasteiger partial charge in [0.2, 0.25) is 5.91 Å². The summed E-state index contributed by atoms with van der Waals surface area (Å²) in [5, 5.41) is 3.50. The summed E-state index contributed by atoms with van der Waals surface area (Å²) in [7, 11) is 3.66. The van der Waals surface area contributed by atoms with Crippen molar-refractivity contribution in [2.24, 2.45) is 0 Å². The topological polar surface area (TPSA) is 67.6 Å². The number of hydrogen-bond acceptors (Lipinski definition) is 4. The predicted molar refractivity (Wildman–Crippen MR) is 88.1 cm³/mol. The summed E-state index contributed by atoms with van der Waals surface area (Å²) in [6, 6.07) is 3.11. The summed E-state index contributed by atoms with van der Waals surface area (Å²) in [6.45, 7) is 2.34. The Bertz CT molecular complexity index is 460. The van der Waals surface area contributed by atoms with Gasteiger partial charge in [-0.25, -0.2) is 0 Å². The summed E-state index contributed by atoms with van der Waals surface area (Å²) in [5.74, 6) is -0.119. The van der Waals surface area contributed by atoms with Crippen LogP contribution < -0.4 is 11.1 Å². The number of methoxy groups -OCH3 is 1. The van der Waals surface area contributed by atoms with Crippen LogP contribution in [0.5, 0.6) is 0 Å². The van der Waals surface area contributed by atoms with Gasteiger partial charge in [-0.3, -0.25) is 4.79 Å². The molecule has 21 heavy (non-hydrogen) atoms. The van der Waals surface area contributed by atoms with Gasteiger partial charge in [-0.05, 0) is 32.1 Å². The smallest absolute Gasteiger partial charge is 0.224 e. The lowest BCUT2D eigenvalue weighted by Gasteiger charge is -2.16. The van der Waals surface area contributed by atoms with Crippen LogP contribution in [0.15, 0.2) is 12.1 Å². The minimum Gasteiger partial charge on any atom is -0.397 e. The lowest BCUT2D eigenvalue weighted by molar-refractivity contribution is -0.116. The fourth-order valence-electron chi connectivity index (χ4n) is 1.80. The van der Waals surface area contributed by atoms with Crippen molar-refractivity contribution >= 4 is 40.5 Å². The van der Waals surface area contributed by atoms with Gasteiger partial charge in [0, 0.05) is 25.1 Å². The summed E-state index contributed by atoms with van der Waals surface area (Å²) < 4.78 is 4.99. The van der Waals surface area contributed by atoms with Crippen LogP contribution in [-0.2, 0) is 9.53 Å². The molecule has 0 heterocycles. The Hall–Kier alpha value is -1.01. The number of rotatable bonds is 8. The van der Waals surface area contributed by atoms with E-state index < -0.39 is 0 Å². The zero-order valence-electron chi connectivity index (χ0n) is 12.3. The second-order valence-electron chi connectivity index (χ2n) is 4.80. The number of ether oxygens (including phenoxy) is 1. The first-order valence-corrected chi connectivity index (χ1v) is 7.41. The van der Waals surface area contributed by atoms with E-state index in [-0.39, 0.29) is 5.91 Å². The van der Waals surface area contributed by atoms with Crippen LogP contribution in [0.25, 0.3) is 0 Å². The molecule has 0 aliphatic heterocycles. The maximum Gasteiger partial charge on any atom is 0.224 e. The monoisotopic (exact) mass is 333 g/mol. The number of likely N-dealkylation sites (N-methyl/N-ethyl adjacent to an activating group) is 1. The molecule has 3 N–H and O–H groups in total. The molecule has 0 saturated carbocycles. The maximum absolute atomic E-state index is 11.9. The van der Waals surface area contributed by atoms with E-state index in [0.29, 0.717) is 34.4 Å². The van der Waals surface area contributed by atoms with E-state index in [4.69, 9.17) is 33.7 Å². The molecule has 1 amide bonds. The van der Waals surface area contributed by atoms with Gasteiger partial charge < -0.3 is 20.7 Å². The number of anilines is 2. The van der Waals surface area contributed by atoms with E-state index in [0.717, 1.165) is 19.5 Å². The van der Waals surface area contributed by atoms with Gasteiger partial charge >= 0.3 is 0 Å². The second-order valence-corrected chi connectivity index (χ2v) is 5.64. The van der Waals surface area contributed by atoms with Crippen LogP contribution in [0.4, 0.5) is 11.4 Å². The fraction of sp³-hybridized carbons (Fsp3) is 0.500. The number of nitrogens with two attached hydrogens (primary N) is 1. The van der Waals surface area contributed by atoms with Crippen LogP contribution >= 0.6 is 23.2 Å².